The van der Waals surface area contributed by atoms with Crippen molar-refractivity contribution in [3.63, 3.8) is 0 Å². The molecule has 1 aliphatic carbocycles. The van der Waals surface area contributed by atoms with Crippen molar-refractivity contribution in [2.75, 3.05) is 32.7 Å². The van der Waals surface area contributed by atoms with E-state index in [9.17, 15) is 9.59 Å². The maximum absolute atomic E-state index is 12.6. The van der Waals surface area contributed by atoms with E-state index in [-0.39, 0.29) is 17.9 Å². The predicted octanol–water partition coefficient (Wildman–Crippen LogP) is 1.30. The highest BCUT2D eigenvalue weighted by atomic mass is 35.5. The number of carbonyl (C=O) groups is 2. The number of halogens is 1. The molecule has 0 aromatic carbocycles. The summed E-state index contributed by atoms with van der Waals surface area (Å²) in [6.45, 7) is 8.15. The topological polar surface area (TPSA) is 70.5 Å². The number of aromatic nitrogens is 2. The van der Waals surface area contributed by atoms with Crippen LogP contribution in [0, 0.1) is 24.7 Å². The second-order valence-corrected chi connectivity index (χ2v) is 8.82. The molecule has 0 bridgehead atoms. The first-order chi connectivity index (χ1) is 12.8. The lowest BCUT2D eigenvalue weighted by Gasteiger charge is -2.31. The van der Waals surface area contributed by atoms with Gasteiger partial charge in [0.1, 0.15) is 5.15 Å². The molecule has 27 heavy (non-hydrogen) atoms. The molecule has 8 heteroatoms. The fourth-order valence-corrected chi connectivity index (χ4v) is 4.83. The van der Waals surface area contributed by atoms with Gasteiger partial charge in [0.2, 0.25) is 5.91 Å². The van der Waals surface area contributed by atoms with Crippen molar-refractivity contribution in [1.82, 2.24) is 24.9 Å². The van der Waals surface area contributed by atoms with Crippen LogP contribution >= 0.6 is 11.6 Å². The van der Waals surface area contributed by atoms with E-state index in [2.05, 4.69) is 22.2 Å². The second kappa shape index (κ2) is 7.09. The number of fused-ring (bicyclic) bond motifs is 1. The lowest BCUT2D eigenvalue weighted by Crippen LogP contribution is -2.44. The summed E-state index contributed by atoms with van der Waals surface area (Å²) >= 11 is 6.18. The van der Waals surface area contributed by atoms with Gasteiger partial charge in [0.15, 0.2) is 0 Å². The smallest absolute Gasteiger partial charge is 0.256 e. The zero-order valence-electron chi connectivity index (χ0n) is 16.2. The van der Waals surface area contributed by atoms with Gasteiger partial charge in [-0.05, 0) is 38.8 Å². The van der Waals surface area contributed by atoms with Gasteiger partial charge in [0.05, 0.1) is 17.8 Å². The Balaban J connectivity index is 1.26. The molecule has 3 atom stereocenters. The normalized spacial score (nSPS) is 28.3. The summed E-state index contributed by atoms with van der Waals surface area (Å²) < 4.78 is 1.52. The molecule has 3 fully saturated rings. The number of aryl methyl sites for hydroxylation is 2. The number of amides is 2. The average molecular weight is 394 g/mol. The van der Waals surface area contributed by atoms with Crippen LogP contribution in [0.25, 0.3) is 0 Å². The summed E-state index contributed by atoms with van der Waals surface area (Å²) in [5, 5.41) is 7.65. The van der Waals surface area contributed by atoms with E-state index in [1.54, 1.807) is 14.0 Å². The highest BCUT2D eigenvalue weighted by Gasteiger charge is 2.57. The Labute approximate surface area is 165 Å². The molecule has 1 N–H and O–H groups in total. The molecule has 0 spiro atoms. The lowest BCUT2D eigenvalue weighted by atomic mass is 9.99. The van der Waals surface area contributed by atoms with Gasteiger partial charge in [-0.1, -0.05) is 18.5 Å². The van der Waals surface area contributed by atoms with E-state index in [1.165, 1.54) is 17.5 Å². The number of hydrogen-bond acceptors (Lipinski definition) is 4. The number of nitrogens with one attached hydrogen (secondary N) is 1. The molecule has 1 saturated carbocycles. The number of likely N-dealkylation sites (tertiary alicyclic amines) is 2. The van der Waals surface area contributed by atoms with Gasteiger partial charge in [-0.25, -0.2) is 0 Å². The van der Waals surface area contributed by atoms with Crippen molar-refractivity contribution in [1.29, 1.82) is 0 Å². The molecule has 2 saturated heterocycles. The van der Waals surface area contributed by atoms with Crippen LogP contribution in [0.1, 0.15) is 35.8 Å². The summed E-state index contributed by atoms with van der Waals surface area (Å²) in [4.78, 5) is 29.4. The number of piperidine rings is 2. The Morgan fingerprint density at radius 3 is 2.41 bits per heavy atom. The molecular weight excluding hydrogens is 366 g/mol. The van der Waals surface area contributed by atoms with Gasteiger partial charge in [-0.2, -0.15) is 5.10 Å². The first kappa shape index (κ1) is 18.7. The van der Waals surface area contributed by atoms with Crippen LogP contribution < -0.4 is 5.32 Å². The summed E-state index contributed by atoms with van der Waals surface area (Å²) in [5.74, 6) is 1.58. The molecule has 4 rings (SSSR count). The van der Waals surface area contributed by atoms with Crippen LogP contribution in [0.4, 0.5) is 0 Å². The van der Waals surface area contributed by atoms with Crippen LogP contribution in [-0.4, -0.2) is 70.2 Å². The Morgan fingerprint density at radius 2 is 1.85 bits per heavy atom. The molecule has 1 aromatic heterocycles. The highest BCUT2D eigenvalue weighted by Crippen LogP contribution is 2.45. The molecule has 3 aliphatic rings. The van der Waals surface area contributed by atoms with Gasteiger partial charge in [0.25, 0.3) is 5.91 Å². The predicted molar refractivity (Wildman–Crippen MR) is 103 cm³/mol. The molecule has 1 aromatic rings. The zero-order valence-corrected chi connectivity index (χ0v) is 17.0. The number of rotatable bonds is 4. The fraction of sp³-hybridized carbons (Fsp3) is 0.737. The van der Waals surface area contributed by atoms with Crippen LogP contribution in [0.3, 0.4) is 0 Å². The number of hydrogen-bond donors (Lipinski definition) is 1. The molecule has 2 amide bonds. The van der Waals surface area contributed by atoms with Crippen molar-refractivity contribution in [2.45, 2.75) is 32.7 Å². The van der Waals surface area contributed by atoms with E-state index in [0.717, 1.165) is 32.1 Å². The summed E-state index contributed by atoms with van der Waals surface area (Å²) in [6.07, 6.45) is 2.37. The molecule has 1 unspecified atom stereocenters. The average Bonchev–Trinajstić information content (AvgIpc) is 2.96. The van der Waals surface area contributed by atoms with E-state index in [1.807, 2.05) is 4.90 Å². The minimum absolute atomic E-state index is 0.146. The Morgan fingerprint density at radius 1 is 1.22 bits per heavy atom. The standard InChI is InChI=1S/C19H28ClN5O2/c1-11-4-6-24(7-5-11)10-15(26)25-8-13-14(9-25)17(13)21-19(27)16-12(2)22-23(3)18(16)20/h11,13-14,17H,4-10H2,1-3H3,(H,21,27)/t13-,14+,17?. The largest absolute Gasteiger partial charge is 0.348 e. The lowest BCUT2D eigenvalue weighted by molar-refractivity contribution is -0.132. The van der Waals surface area contributed by atoms with Gasteiger partial charge in [0, 0.05) is 38.0 Å². The Kier molecular flexibility index (Phi) is 4.93. The molecule has 7 nitrogen and oxygen atoms in total. The van der Waals surface area contributed by atoms with E-state index in [0.29, 0.717) is 34.8 Å². The zero-order chi connectivity index (χ0) is 19.3. The van der Waals surface area contributed by atoms with Gasteiger partial charge in [-0.3, -0.25) is 19.2 Å². The van der Waals surface area contributed by atoms with Gasteiger partial charge < -0.3 is 10.2 Å². The minimum atomic E-state index is -0.162. The molecule has 0 radical (unpaired) electrons. The van der Waals surface area contributed by atoms with Crippen LogP contribution in [0.5, 0.6) is 0 Å². The van der Waals surface area contributed by atoms with Crippen LogP contribution in [0.2, 0.25) is 5.15 Å². The maximum Gasteiger partial charge on any atom is 0.256 e. The molecule has 3 heterocycles. The Hall–Kier alpha value is -1.60. The highest BCUT2D eigenvalue weighted by molar-refractivity contribution is 6.33. The summed E-state index contributed by atoms with van der Waals surface area (Å²) in [6, 6.07) is 0.146. The third-order valence-corrected chi connectivity index (χ3v) is 6.89. The number of carbonyl (C=O) groups excluding carboxylic acids is 2. The van der Waals surface area contributed by atoms with Crippen LogP contribution in [-0.2, 0) is 11.8 Å². The monoisotopic (exact) mass is 393 g/mol. The van der Waals surface area contributed by atoms with Crippen molar-refractivity contribution in [2.24, 2.45) is 24.8 Å². The first-order valence-corrected chi connectivity index (χ1v) is 10.2. The fourth-order valence-electron chi connectivity index (χ4n) is 4.57. The van der Waals surface area contributed by atoms with E-state index in [4.69, 9.17) is 11.6 Å². The maximum atomic E-state index is 12.6. The van der Waals surface area contributed by atoms with Crippen molar-refractivity contribution < 1.29 is 9.59 Å². The number of nitrogens with zero attached hydrogens (tertiary/aromatic N) is 4. The summed E-state index contributed by atoms with van der Waals surface area (Å²) in [5.41, 5.74) is 1.09. The van der Waals surface area contributed by atoms with E-state index < -0.39 is 0 Å². The first-order valence-electron chi connectivity index (χ1n) is 9.85. The quantitative estimate of drug-likeness (QED) is 0.837. The SMILES string of the molecule is Cc1nn(C)c(Cl)c1C(=O)NC1[C@H]2CN(C(=O)CN3CCC(C)CC3)C[C@@H]12. The van der Waals surface area contributed by atoms with Crippen LogP contribution in [0.15, 0.2) is 0 Å². The molecule has 148 valence electrons. The molecule has 2 aliphatic heterocycles. The van der Waals surface area contributed by atoms with Gasteiger partial charge >= 0.3 is 0 Å². The summed E-state index contributed by atoms with van der Waals surface area (Å²) in [7, 11) is 1.73. The van der Waals surface area contributed by atoms with Crippen molar-refractivity contribution >= 4 is 23.4 Å². The molecular formula is C19H28ClN5O2. The minimum Gasteiger partial charge on any atom is -0.348 e. The van der Waals surface area contributed by atoms with E-state index >= 15 is 0 Å². The third-order valence-electron chi connectivity index (χ3n) is 6.46. The second-order valence-electron chi connectivity index (χ2n) is 8.46. The Bertz CT molecular complexity index is 744. The van der Waals surface area contributed by atoms with Gasteiger partial charge in [-0.15, -0.1) is 0 Å². The third kappa shape index (κ3) is 3.59. The van der Waals surface area contributed by atoms with Crippen molar-refractivity contribution in [3.8, 4) is 0 Å². The van der Waals surface area contributed by atoms with Crippen molar-refractivity contribution in [3.05, 3.63) is 16.4 Å².